The number of nitrogens with one attached hydrogen (secondary N) is 1. The molecule has 0 saturated heterocycles. The molecule has 0 saturated carbocycles. The fraction of sp³-hybridized carbons (Fsp3) is 0.462. The summed E-state index contributed by atoms with van der Waals surface area (Å²) in [4.78, 5) is 10.9. The first kappa shape index (κ1) is 13.5. The van der Waals surface area contributed by atoms with Gasteiger partial charge < -0.3 is 15.5 Å². The van der Waals surface area contributed by atoms with Gasteiger partial charge in [-0.1, -0.05) is 6.92 Å². The highest BCUT2D eigenvalue weighted by atomic mass is 16.4. The van der Waals surface area contributed by atoms with Gasteiger partial charge in [-0.15, -0.1) is 0 Å². The first-order valence-electron chi connectivity index (χ1n) is 5.79. The summed E-state index contributed by atoms with van der Waals surface area (Å²) in [6.07, 6.45) is 1.61. The molecular formula is C13H19NO3. The number of carboxylic acid groups (broad SMARTS) is 1. The van der Waals surface area contributed by atoms with Gasteiger partial charge in [0.05, 0.1) is 5.56 Å². The number of aryl methyl sites for hydroxylation is 1. The van der Waals surface area contributed by atoms with Crippen molar-refractivity contribution in [3.8, 4) is 0 Å². The van der Waals surface area contributed by atoms with Crippen LogP contribution < -0.4 is 5.32 Å². The third-order valence-corrected chi connectivity index (χ3v) is 2.80. The Balaban J connectivity index is 2.79. The van der Waals surface area contributed by atoms with Crippen LogP contribution >= 0.6 is 0 Å². The zero-order valence-electron chi connectivity index (χ0n) is 10.2. The molecule has 0 heterocycles. The van der Waals surface area contributed by atoms with Crippen molar-refractivity contribution in [1.82, 2.24) is 0 Å². The smallest absolute Gasteiger partial charge is 0.335 e. The summed E-state index contributed by atoms with van der Waals surface area (Å²) in [5.41, 5.74) is 1.96. The molecule has 1 atom stereocenters. The minimum Gasteiger partial charge on any atom is -0.478 e. The minimum atomic E-state index is -0.906. The second kappa shape index (κ2) is 6.25. The lowest BCUT2D eigenvalue weighted by Gasteiger charge is -2.17. The molecule has 3 N–H and O–H groups in total. The van der Waals surface area contributed by atoms with Crippen molar-refractivity contribution in [3.63, 3.8) is 0 Å². The molecular weight excluding hydrogens is 218 g/mol. The predicted octanol–water partition coefficient (Wildman–Crippen LogP) is 2.27. The molecule has 0 bridgehead atoms. The van der Waals surface area contributed by atoms with E-state index in [-0.39, 0.29) is 12.6 Å². The van der Waals surface area contributed by atoms with Crippen molar-refractivity contribution in [2.75, 3.05) is 11.9 Å². The van der Waals surface area contributed by atoms with Crippen LogP contribution in [0.25, 0.3) is 0 Å². The van der Waals surface area contributed by atoms with Gasteiger partial charge in [-0.3, -0.25) is 0 Å². The van der Waals surface area contributed by atoms with Crippen LogP contribution in [0.5, 0.6) is 0 Å². The third-order valence-electron chi connectivity index (χ3n) is 2.80. The van der Waals surface area contributed by atoms with E-state index in [9.17, 15) is 4.79 Å². The first-order valence-corrected chi connectivity index (χ1v) is 5.79. The van der Waals surface area contributed by atoms with Crippen molar-refractivity contribution in [2.45, 2.75) is 32.7 Å². The first-order chi connectivity index (χ1) is 8.08. The number of anilines is 1. The zero-order valence-corrected chi connectivity index (χ0v) is 10.2. The molecule has 1 aromatic carbocycles. The maximum atomic E-state index is 10.9. The van der Waals surface area contributed by atoms with Crippen molar-refractivity contribution in [1.29, 1.82) is 0 Å². The fourth-order valence-electron chi connectivity index (χ4n) is 1.76. The maximum absolute atomic E-state index is 10.9. The zero-order chi connectivity index (χ0) is 12.8. The Morgan fingerprint density at radius 1 is 1.47 bits per heavy atom. The van der Waals surface area contributed by atoms with Gasteiger partial charge in [0.1, 0.15) is 0 Å². The molecule has 4 heteroatoms. The molecule has 1 rings (SSSR count). The van der Waals surface area contributed by atoms with E-state index in [4.69, 9.17) is 10.2 Å². The van der Waals surface area contributed by atoms with Gasteiger partial charge in [-0.05, 0) is 43.5 Å². The number of carbonyl (C=O) groups is 1. The average Bonchev–Trinajstić information content (AvgIpc) is 2.28. The van der Waals surface area contributed by atoms with Crippen LogP contribution in [0.4, 0.5) is 5.69 Å². The van der Waals surface area contributed by atoms with Crippen LogP contribution in [0.15, 0.2) is 18.2 Å². The van der Waals surface area contributed by atoms with E-state index in [2.05, 4.69) is 5.32 Å². The molecule has 0 radical (unpaired) electrons. The topological polar surface area (TPSA) is 69.6 Å². The van der Waals surface area contributed by atoms with Crippen molar-refractivity contribution in [3.05, 3.63) is 29.3 Å². The lowest BCUT2D eigenvalue weighted by Crippen LogP contribution is -2.19. The summed E-state index contributed by atoms with van der Waals surface area (Å²) in [6, 6.07) is 5.40. The highest BCUT2D eigenvalue weighted by molar-refractivity contribution is 5.89. The molecule has 4 nitrogen and oxygen atoms in total. The third kappa shape index (κ3) is 3.75. The Morgan fingerprint density at radius 2 is 2.18 bits per heavy atom. The van der Waals surface area contributed by atoms with Gasteiger partial charge in [-0.25, -0.2) is 4.79 Å². The number of aromatic carboxylic acids is 1. The van der Waals surface area contributed by atoms with Gasteiger partial charge in [0.2, 0.25) is 0 Å². The normalized spacial score (nSPS) is 12.2. The summed E-state index contributed by atoms with van der Waals surface area (Å²) in [6.45, 7) is 3.98. The monoisotopic (exact) mass is 237 g/mol. The molecule has 17 heavy (non-hydrogen) atoms. The highest BCUT2D eigenvalue weighted by Crippen LogP contribution is 2.17. The van der Waals surface area contributed by atoms with Gasteiger partial charge in [-0.2, -0.15) is 0 Å². The lowest BCUT2D eigenvalue weighted by atomic mass is 10.1. The van der Waals surface area contributed by atoms with Crippen molar-refractivity contribution >= 4 is 11.7 Å². The molecule has 0 aliphatic heterocycles. The van der Waals surface area contributed by atoms with E-state index < -0.39 is 5.97 Å². The Morgan fingerprint density at radius 3 is 2.65 bits per heavy atom. The lowest BCUT2D eigenvalue weighted by molar-refractivity contribution is 0.0696. The Kier molecular flexibility index (Phi) is 4.97. The molecule has 0 fully saturated rings. The number of hydrogen-bond donors (Lipinski definition) is 3. The molecule has 1 aromatic rings. The Bertz CT molecular complexity index is 390. The second-order valence-electron chi connectivity index (χ2n) is 4.10. The molecule has 94 valence electrons. The van der Waals surface area contributed by atoms with E-state index in [1.54, 1.807) is 19.1 Å². The SMILES string of the molecule is CCC(CCO)Nc1ccc(C(=O)O)c(C)c1. The predicted molar refractivity (Wildman–Crippen MR) is 67.5 cm³/mol. The fourth-order valence-corrected chi connectivity index (χ4v) is 1.76. The number of carboxylic acids is 1. The standard InChI is InChI=1S/C13H19NO3/c1-3-10(6-7-15)14-11-4-5-12(13(16)17)9(2)8-11/h4-5,8,10,14-15H,3,6-7H2,1-2H3,(H,16,17). The molecule has 0 spiro atoms. The second-order valence-corrected chi connectivity index (χ2v) is 4.10. The van der Waals surface area contributed by atoms with Crippen LogP contribution in [0, 0.1) is 6.92 Å². The summed E-state index contributed by atoms with van der Waals surface area (Å²) in [5, 5.41) is 21.1. The van der Waals surface area contributed by atoms with Crippen LogP contribution in [0.2, 0.25) is 0 Å². The van der Waals surface area contributed by atoms with Gasteiger partial charge in [0.15, 0.2) is 0 Å². The van der Waals surface area contributed by atoms with Gasteiger partial charge in [0.25, 0.3) is 0 Å². The van der Waals surface area contributed by atoms with E-state index in [0.29, 0.717) is 12.0 Å². The maximum Gasteiger partial charge on any atom is 0.335 e. The number of aliphatic hydroxyl groups excluding tert-OH is 1. The number of aliphatic hydroxyl groups is 1. The van der Waals surface area contributed by atoms with E-state index >= 15 is 0 Å². The summed E-state index contributed by atoms with van der Waals surface area (Å²) >= 11 is 0. The largest absolute Gasteiger partial charge is 0.478 e. The van der Waals surface area contributed by atoms with Crippen LogP contribution in [0.3, 0.4) is 0 Å². The summed E-state index contributed by atoms with van der Waals surface area (Å²) in [5.74, 6) is -0.906. The van der Waals surface area contributed by atoms with E-state index in [1.165, 1.54) is 0 Å². The van der Waals surface area contributed by atoms with Crippen LogP contribution in [-0.2, 0) is 0 Å². The quantitative estimate of drug-likeness (QED) is 0.710. The molecule has 0 aliphatic carbocycles. The molecule has 0 amide bonds. The Hall–Kier alpha value is -1.55. The van der Waals surface area contributed by atoms with Crippen LogP contribution in [-0.4, -0.2) is 28.8 Å². The van der Waals surface area contributed by atoms with Gasteiger partial charge >= 0.3 is 5.97 Å². The molecule has 1 unspecified atom stereocenters. The molecule has 0 aliphatic rings. The van der Waals surface area contributed by atoms with Crippen LogP contribution in [0.1, 0.15) is 35.7 Å². The average molecular weight is 237 g/mol. The molecule has 0 aromatic heterocycles. The minimum absolute atomic E-state index is 0.150. The van der Waals surface area contributed by atoms with Crippen molar-refractivity contribution in [2.24, 2.45) is 0 Å². The number of hydrogen-bond acceptors (Lipinski definition) is 3. The van der Waals surface area contributed by atoms with Crippen molar-refractivity contribution < 1.29 is 15.0 Å². The number of rotatable bonds is 6. The number of benzene rings is 1. The Labute approximate surface area is 101 Å². The highest BCUT2D eigenvalue weighted by Gasteiger charge is 2.09. The van der Waals surface area contributed by atoms with E-state index in [0.717, 1.165) is 17.7 Å². The van der Waals surface area contributed by atoms with Gasteiger partial charge in [0, 0.05) is 18.3 Å². The van der Waals surface area contributed by atoms with E-state index in [1.807, 2.05) is 13.0 Å². The summed E-state index contributed by atoms with van der Waals surface area (Å²) < 4.78 is 0. The summed E-state index contributed by atoms with van der Waals surface area (Å²) in [7, 11) is 0.